The summed E-state index contributed by atoms with van der Waals surface area (Å²) in [5, 5.41) is 4.56. The Morgan fingerprint density at radius 1 is 1.20 bits per heavy atom. The van der Waals surface area contributed by atoms with Gasteiger partial charge >= 0.3 is 0 Å². The van der Waals surface area contributed by atoms with E-state index in [1.807, 2.05) is 4.90 Å². The number of likely N-dealkylation sites (N-methyl/N-ethyl adjacent to an activating group) is 1. The third-order valence-corrected chi connectivity index (χ3v) is 4.84. The second kappa shape index (κ2) is 7.49. The fourth-order valence-corrected chi connectivity index (χ4v) is 3.23. The lowest BCUT2D eigenvalue weighted by atomic mass is 10.0. The van der Waals surface area contributed by atoms with Gasteiger partial charge in [0.1, 0.15) is 11.5 Å². The fourth-order valence-electron chi connectivity index (χ4n) is 2.98. The van der Waals surface area contributed by atoms with E-state index in [9.17, 15) is 4.79 Å². The molecule has 0 radical (unpaired) electrons. The molecule has 136 valence electrons. The molecule has 0 saturated carbocycles. The number of rotatable bonds is 4. The van der Waals surface area contributed by atoms with Crippen molar-refractivity contribution in [2.45, 2.75) is 12.5 Å². The second-order valence-electron chi connectivity index (χ2n) is 6.15. The summed E-state index contributed by atoms with van der Waals surface area (Å²) in [4.78, 5) is 22.1. The first-order valence-corrected chi connectivity index (χ1v) is 8.53. The molecule has 25 heavy (non-hydrogen) atoms. The largest absolute Gasteiger partial charge is 0.496 e. The maximum Gasteiger partial charge on any atom is 0.266 e. The van der Waals surface area contributed by atoms with Crippen molar-refractivity contribution in [3.63, 3.8) is 0 Å². The number of piperazine rings is 1. The van der Waals surface area contributed by atoms with Gasteiger partial charge in [-0.2, -0.15) is 0 Å². The van der Waals surface area contributed by atoms with E-state index in [4.69, 9.17) is 25.9 Å². The second-order valence-corrected chi connectivity index (χ2v) is 6.56. The smallest absolute Gasteiger partial charge is 0.266 e. The van der Waals surface area contributed by atoms with Gasteiger partial charge in [0.05, 0.1) is 25.0 Å². The first-order chi connectivity index (χ1) is 12.0. The van der Waals surface area contributed by atoms with Crippen molar-refractivity contribution >= 4 is 23.2 Å². The van der Waals surface area contributed by atoms with E-state index in [2.05, 4.69) is 17.1 Å². The van der Waals surface area contributed by atoms with E-state index in [0.717, 1.165) is 13.1 Å². The maximum absolute atomic E-state index is 12.6. The fraction of sp³-hybridized carbons (Fsp3) is 0.529. The minimum Gasteiger partial charge on any atom is -0.496 e. The molecule has 2 heterocycles. The van der Waals surface area contributed by atoms with Crippen LogP contribution in [0.1, 0.15) is 12.0 Å². The summed E-state index contributed by atoms with van der Waals surface area (Å²) in [5.41, 5.74) is 1.36. The monoisotopic (exact) mass is 367 g/mol. The van der Waals surface area contributed by atoms with Crippen molar-refractivity contribution < 1.29 is 19.1 Å². The van der Waals surface area contributed by atoms with E-state index < -0.39 is 6.10 Å². The first kappa shape index (κ1) is 17.8. The number of nitrogens with zero attached hydrogens (tertiary/aromatic N) is 3. The topological polar surface area (TPSA) is 63.6 Å². The molecule has 2 aliphatic heterocycles. The number of ether oxygens (including phenoxy) is 2. The van der Waals surface area contributed by atoms with Crippen LogP contribution in [-0.4, -0.2) is 75.0 Å². The van der Waals surface area contributed by atoms with Crippen LogP contribution >= 0.6 is 11.6 Å². The summed E-state index contributed by atoms with van der Waals surface area (Å²) in [6.45, 7) is 3.16. The van der Waals surface area contributed by atoms with Crippen LogP contribution in [0.5, 0.6) is 11.5 Å². The highest BCUT2D eigenvalue weighted by molar-refractivity contribution is 6.32. The van der Waals surface area contributed by atoms with Crippen LogP contribution in [-0.2, 0) is 9.63 Å². The summed E-state index contributed by atoms with van der Waals surface area (Å²) >= 11 is 6.22. The Labute approximate surface area is 152 Å². The molecule has 0 aromatic heterocycles. The van der Waals surface area contributed by atoms with Gasteiger partial charge in [-0.05, 0) is 13.1 Å². The van der Waals surface area contributed by atoms with Gasteiger partial charge in [0.2, 0.25) is 6.10 Å². The minimum atomic E-state index is -0.594. The van der Waals surface area contributed by atoms with E-state index >= 15 is 0 Å². The van der Waals surface area contributed by atoms with Crippen molar-refractivity contribution in [3.05, 3.63) is 22.7 Å². The number of halogens is 1. The summed E-state index contributed by atoms with van der Waals surface area (Å²) in [7, 11) is 5.16. The molecule has 1 fully saturated rings. The van der Waals surface area contributed by atoms with Gasteiger partial charge in [0.15, 0.2) is 0 Å². The van der Waals surface area contributed by atoms with Crippen molar-refractivity contribution in [1.82, 2.24) is 9.80 Å². The number of carbonyl (C=O) groups is 1. The van der Waals surface area contributed by atoms with Gasteiger partial charge in [0, 0.05) is 44.2 Å². The van der Waals surface area contributed by atoms with Crippen LogP contribution in [0.15, 0.2) is 17.3 Å². The molecule has 0 aliphatic carbocycles. The molecule has 1 aromatic carbocycles. The third-order valence-electron chi connectivity index (χ3n) is 4.54. The van der Waals surface area contributed by atoms with Crippen molar-refractivity contribution in [3.8, 4) is 11.5 Å². The van der Waals surface area contributed by atoms with Gasteiger partial charge in [-0.3, -0.25) is 4.79 Å². The highest BCUT2D eigenvalue weighted by Crippen LogP contribution is 2.34. The van der Waals surface area contributed by atoms with Gasteiger partial charge in [-0.25, -0.2) is 0 Å². The Morgan fingerprint density at radius 3 is 2.52 bits per heavy atom. The lowest BCUT2D eigenvalue weighted by molar-refractivity contribution is -0.143. The Kier molecular flexibility index (Phi) is 5.34. The number of oxime groups is 1. The van der Waals surface area contributed by atoms with Crippen molar-refractivity contribution in [1.29, 1.82) is 0 Å². The molecule has 8 heteroatoms. The molecule has 7 nitrogen and oxygen atoms in total. The Hall–Kier alpha value is -1.99. The summed E-state index contributed by atoms with van der Waals surface area (Å²) in [6, 6.07) is 3.43. The number of benzene rings is 1. The van der Waals surface area contributed by atoms with Gasteiger partial charge in [-0.15, -0.1) is 0 Å². The summed E-state index contributed by atoms with van der Waals surface area (Å²) < 4.78 is 10.6. The van der Waals surface area contributed by atoms with Crippen molar-refractivity contribution in [2.75, 3.05) is 47.4 Å². The molecule has 0 spiro atoms. The van der Waals surface area contributed by atoms with Crippen molar-refractivity contribution in [2.24, 2.45) is 5.16 Å². The summed E-state index contributed by atoms with van der Waals surface area (Å²) in [5.74, 6) is 1.08. The zero-order chi connectivity index (χ0) is 18.0. The number of amides is 1. The van der Waals surface area contributed by atoms with Crippen LogP contribution in [0.25, 0.3) is 0 Å². The predicted octanol–water partition coefficient (Wildman–Crippen LogP) is 1.62. The van der Waals surface area contributed by atoms with E-state index in [-0.39, 0.29) is 5.91 Å². The van der Waals surface area contributed by atoms with E-state index in [1.165, 1.54) is 0 Å². The van der Waals surface area contributed by atoms with E-state index in [0.29, 0.717) is 47.3 Å². The van der Waals surface area contributed by atoms with Crippen LogP contribution in [0.4, 0.5) is 0 Å². The number of carbonyl (C=O) groups excluding carboxylic acids is 1. The summed E-state index contributed by atoms with van der Waals surface area (Å²) in [6.07, 6.45) is -0.200. The molecule has 0 unspecified atom stereocenters. The Morgan fingerprint density at radius 2 is 1.88 bits per heavy atom. The van der Waals surface area contributed by atoms with Crippen LogP contribution in [0.3, 0.4) is 0 Å². The molecular formula is C17H22ClN3O4. The molecule has 1 atom stereocenters. The molecule has 1 amide bonds. The average molecular weight is 368 g/mol. The molecule has 1 saturated heterocycles. The zero-order valence-electron chi connectivity index (χ0n) is 14.6. The van der Waals surface area contributed by atoms with Crippen LogP contribution in [0.2, 0.25) is 5.02 Å². The lowest BCUT2D eigenvalue weighted by Crippen LogP contribution is -2.50. The van der Waals surface area contributed by atoms with Gasteiger partial charge < -0.3 is 24.1 Å². The number of hydrogen-bond acceptors (Lipinski definition) is 6. The normalized spacial score (nSPS) is 20.9. The molecule has 0 N–H and O–H groups in total. The minimum absolute atomic E-state index is 0.0228. The molecule has 3 rings (SSSR count). The highest BCUT2D eigenvalue weighted by atomic mass is 35.5. The average Bonchev–Trinajstić information content (AvgIpc) is 3.11. The Bertz CT molecular complexity index is 687. The SMILES string of the molecule is COc1cc(OC)c(C2=NO[C@@H](C(=O)N3CCN(C)CC3)C2)cc1Cl. The predicted molar refractivity (Wildman–Crippen MR) is 94.7 cm³/mol. The standard InChI is InChI=1S/C17H22ClN3O4/c1-20-4-6-21(7-5-20)17(22)16-9-13(19-25-16)11-8-12(18)15(24-3)10-14(11)23-2/h8,10,16H,4-7,9H2,1-3H3/t16-/m1/s1. The Balaban J connectivity index is 1.72. The van der Waals surface area contributed by atoms with Gasteiger partial charge in [0.25, 0.3) is 5.91 Å². The number of methoxy groups -OCH3 is 2. The molecule has 2 aliphatic rings. The number of hydrogen-bond donors (Lipinski definition) is 0. The quantitative estimate of drug-likeness (QED) is 0.809. The molecule has 0 bridgehead atoms. The van der Waals surface area contributed by atoms with Gasteiger partial charge in [-0.1, -0.05) is 16.8 Å². The molecular weight excluding hydrogens is 346 g/mol. The molecule has 1 aromatic rings. The van der Waals surface area contributed by atoms with Crippen LogP contribution < -0.4 is 9.47 Å². The first-order valence-electron chi connectivity index (χ1n) is 8.15. The highest BCUT2D eigenvalue weighted by Gasteiger charge is 2.34. The van der Waals surface area contributed by atoms with E-state index in [1.54, 1.807) is 26.4 Å². The third kappa shape index (κ3) is 3.67. The lowest BCUT2D eigenvalue weighted by Gasteiger charge is -2.33. The zero-order valence-corrected chi connectivity index (χ0v) is 15.4. The maximum atomic E-state index is 12.6. The van der Waals surface area contributed by atoms with Crippen LogP contribution in [0, 0.1) is 0 Å².